The van der Waals surface area contributed by atoms with Crippen molar-refractivity contribution in [3.8, 4) is 0 Å². The Morgan fingerprint density at radius 2 is 2.00 bits per heavy atom. The van der Waals surface area contributed by atoms with Crippen LogP contribution in [0.2, 0.25) is 0 Å². The van der Waals surface area contributed by atoms with Crippen molar-refractivity contribution in [1.29, 1.82) is 0 Å². The summed E-state index contributed by atoms with van der Waals surface area (Å²) in [6.07, 6.45) is 12.8. The van der Waals surface area contributed by atoms with E-state index in [2.05, 4.69) is 14.9 Å². The van der Waals surface area contributed by atoms with Crippen LogP contribution in [-0.2, 0) is 4.79 Å². The molecule has 4 rings (SSSR count). The van der Waals surface area contributed by atoms with Crippen molar-refractivity contribution >= 4 is 11.7 Å². The van der Waals surface area contributed by atoms with Crippen molar-refractivity contribution in [2.75, 3.05) is 31.1 Å². The van der Waals surface area contributed by atoms with Gasteiger partial charge in [0.05, 0.1) is 18.0 Å². The second-order valence-corrected chi connectivity index (χ2v) is 9.22. The van der Waals surface area contributed by atoms with Crippen molar-refractivity contribution in [3.05, 3.63) is 18.1 Å². The van der Waals surface area contributed by atoms with Crippen LogP contribution in [-0.4, -0.2) is 58.2 Å². The maximum atomic E-state index is 12.9. The van der Waals surface area contributed by atoms with Gasteiger partial charge in [0.15, 0.2) is 0 Å². The molecule has 1 saturated carbocycles. The third-order valence-electron chi connectivity index (χ3n) is 7.15. The zero-order valence-corrected chi connectivity index (χ0v) is 17.1. The summed E-state index contributed by atoms with van der Waals surface area (Å²) in [5.74, 6) is 1.92. The molecule has 1 aliphatic carbocycles. The predicted molar refractivity (Wildman–Crippen MR) is 109 cm³/mol. The third kappa shape index (κ3) is 4.17. The number of hydrogen-bond donors (Lipinski definition) is 1. The summed E-state index contributed by atoms with van der Waals surface area (Å²) in [6.45, 7) is 5.00. The summed E-state index contributed by atoms with van der Waals surface area (Å²) in [7, 11) is 0. The average Bonchev–Trinajstić information content (AvgIpc) is 3.22. The second kappa shape index (κ2) is 8.36. The van der Waals surface area contributed by atoms with Crippen LogP contribution < -0.4 is 4.90 Å². The molecule has 1 N–H and O–H groups in total. The fraction of sp³-hybridized carbons (Fsp3) is 0.773. The van der Waals surface area contributed by atoms with Crippen molar-refractivity contribution in [1.82, 2.24) is 14.9 Å². The molecule has 28 heavy (non-hydrogen) atoms. The number of hydrogen-bond acceptors (Lipinski definition) is 5. The molecule has 1 aromatic heterocycles. The smallest absolute Gasteiger partial charge is 0.222 e. The molecule has 3 fully saturated rings. The number of aryl methyl sites for hydroxylation is 1. The van der Waals surface area contributed by atoms with E-state index in [-0.39, 0.29) is 17.4 Å². The molecule has 154 valence electrons. The predicted octanol–water partition coefficient (Wildman–Crippen LogP) is 2.94. The first-order chi connectivity index (χ1) is 13.6. The first-order valence-electron chi connectivity index (χ1n) is 11.1. The van der Waals surface area contributed by atoms with E-state index in [1.54, 1.807) is 6.20 Å². The molecular formula is C22H34N4O2. The van der Waals surface area contributed by atoms with E-state index in [0.29, 0.717) is 13.0 Å². The Hall–Kier alpha value is -1.69. The van der Waals surface area contributed by atoms with Crippen LogP contribution in [0.3, 0.4) is 0 Å². The van der Waals surface area contributed by atoms with E-state index in [1.165, 1.54) is 25.7 Å². The van der Waals surface area contributed by atoms with E-state index < -0.39 is 0 Å². The first kappa shape index (κ1) is 19.6. The highest BCUT2D eigenvalue weighted by molar-refractivity contribution is 5.76. The summed E-state index contributed by atoms with van der Waals surface area (Å²) in [6, 6.07) is 0. The van der Waals surface area contributed by atoms with Crippen LogP contribution in [0.5, 0.6) is 0 Å². The lowest BCUT2D eigenvalue weighted by Gasteiger charge is -2.51. The van der Waals surface area contributed by atoms with Crippen molar-refractivity contribution in [2.24, 2.45) is 11.3 Å². The van der Waals surface area contributed by atoms with E-state index >= 15 is 0 Å². The van der Waals surface area contributed by atoms with Gasteiger partial charge in [-0.3, -0.25) is 9.78 Å². The van der Waals surface area contributed by atoms with Crippen LogP contribution in [0.4, 0.5) is 5.82 Å². The lowest BCUT2D eigenvalue weighted by atomic mass is 9.71. The van der Waals surface area contributed by atoms with Crippen LogP contribution in [0, 0.1) is 18.3 Å². The van der Waals surface area contributed by atoms with Gasteiger partial charge >= 0.3 is 0 Å². The van der Waals surface area contributed by atoms with Crippen molar-refractivity contribution in [3.63, 3.8) is 0 Å². The topological polar surface area (TPSA) is 69.6 Å². The van der Waals surface area contributed by atoms with E-state index in [4.69, 9.17) is 0 Å². The van der Waals surface area contributed by atoms with Crippen LogP contribution in [0.1, 0.15) is 63.5 Å². The van der Waals surface area contributed by atoms with Crippen LogP contribution in [0.15, 0.2) is 12.4 Å². The number of rotatable bonds is 4. The number of anilines is 1. The second-order valence-electron chi connectivity index (χ2n) is 9.22. The van der Waals surface area contributed by atoms with E-state index in [9.17, 15) is 9.90 Å². The minimum atomic E-state index is -0.355. The van der Waals surface area contributed by atoms with E-state index in [0.717, 1.165) is 62.7 Å². The lowest BCUT2D eigenvalue weighted by Crippen LogP contribution is -2.60. The zero-order chi connectivity index (χ0) is 19.6. The van der Waals surface area contributed by atoms with Crippen molar-refractivity contribution in [2.45, 2.75) is 70.8 Å². The standard InChI is InChI=1S/C22H34N4O2/c1-17-13-23-14-20(24-17)25-12-9-19(27)22(15-25)10-4-11-26(16-22)21(28)8-7-18-5-2-3-6-18/h13-14,18-19,27H,2-12,15-16H2,1H3/t19-,22-/m1/s1. The maximum absolute atomic E-state index is 12.9. The minimum absolute atomic E-state index is 0.245. The zero-order valence-electron chi connectivity index (χ0n) is 17.1. The molecule has 1 amide bonds. The third-order valence-corrected chi connectivity index (χ3v) is 7.15. The molecule has 6 nitrogen and oxygen atoms in total. The van der Waals surface area contributed by atoms with Gasteiger partial charge in [0.25, 0.3) is 0 Å². The molecule has 2 atom stereocenters. The molecule has 6 heteroatoms. The molecule has 2 saturated heterocycles. The van der Waals surface area contributed by atoms with Gasteiger partial charge in [-0.05, 0) is 38.5 Å². The Morgan fingerprint density at radius 3 is 2.79 bits per heavy atom. The quantitative estimate of drug-likeness (QED) is 0.862. The summed E-state index contributed by atoms with van der Waals surface area (Å²) >= 11 is 0. The Kier molecular flexibility index (Phi) is 5.85. The highest BCUT2D eigenvalue weighted by atomic mass is 16.3. The number of piperidine rings is 2. The van der Waals surface area contributed by atoms with Crippen molar-refractivity contribution < 1.29 is 9.90 Å². The Balaban J connectivity index is 1.42. The molecular weight excluding hydrogens is 352 g/mol. The molecule has 0 radical (unpaired) electrons. The molecule has 1 spiro atoms. The Morgan fingerprint density at radius 1 is 1.18 bits per heavy atom. The van der Waals surface area contributed by atoms with Crippen LogP contribution in [0.25, 0.3) is 0 Å². The Bertz CT molecular complexity index is 691. The number of carbonyl (C=O) groups is 1. The van der Waals surface area contributed by atoms with Gasteiger partial charge in [-0.15, -0.1) is 0 Å². The molecule has 0 aromatic carbocycles. The number of aliphatic hydroxyl groups excluding tert-OH is 1. The number of amides is 1. The molecule has 0 bridgehead atoms. The van der Waals surface area contributed by atoms with Crippen LogP contribution >= 0.6 is 0 Å². The highest BCUT2D eigenvalue weighted by Crippen LogP contribution is 2.40. The van der Waals surface area contributed by atoms with Gasteiger partial charge in [0.2, 0.25) is 5.91 Å². The molecule has 3 heterocycles. The van der Waals surface area contributed by atoms with Gasteiger partial charge in [-0.2, -0.15) is 0 Å². The lowest BCUT2D eigenvalue weighted by molar-refractivity contribution is -0.138. The van der Waals surface area contributed by atoms with Gasteiger partial charge in [0.1, 0.15) is 5.82 Å². The molecule has 0 unspecified atom stereocenters. The number of aromatic nitrogens is 2. The van der Waals surface area contributed by atoms with Gasteiger partial charge in [-0.1, -0.05) is 25.7 Å². The maximum Gasteiger partial charge on any atom is 0.222 e. The normalized spacial score (nSPS) is 28.9. The average molecular weight is 387 g/mol. The minimum Gasteiger partial charge on any atom is -0.392 e. The van der Waals surface area contributed by atoms with Gasteiger partial charge < -0.3 is 14.9 Å². The summed E-state index contributed by atoms with van der Waals surface area (Å²) in [4.78, 5) is 26.1. The fourth-order valence-corrected chi connectivity index (χ4v) is 5.51. The van der Waals surface area contributed by atoms with Gasteiger partial charge in [-0.25, -0.2) is 4.98 Å². The SMILES string of the molecule is Cc1cncc(N2CC[C@@H](O)[C@]3(CCCN(C(=O)CCC4CCCC4)C3)C2)n1. The monoisotopic (exact) mass is 386 g/mol. The fourth-order valence-electron chi connectivity index (χ4n) is 5.51. The van der Waals surface area contributed by atoms with E-state index in [1.807, 2.05) is 18.0 Å². The van der Waals surface area contributed by atoms with Gasteiger partial charge in [0, 0.05) is 44.2 Å². The number of likely N-dealkylation sites (tertiary alicyclic amines) is 1. The highest BCUT2D eigenvalue weighted by Gasteiger charge is 2.46. The summed E-state index contributed by atoms with van der Waals surface area (Å²) < 4.78 is 0. The molecule has 2 aliphatic heterocycles. The molecule has 1 aromatic rings. The molecule has 3 aliphatic rings. The number of carbonyl (C=O) groups excluding carboxylic acids is 1. The largest absolute Gasteiger partial charge is 0.392 e. The first-order valence-corrected chi connectivity index (χ1v) is 11.1. The number of aliphatic hydroxyl groups is 1. The summed E-state index contributed by atoms with van der Waals surface area (Å²) in [5.41, 5.74) is 0.662. The summed E-state index contributed by atoms with van der Waals surface area (Å²) in [5, 5.41) is 10.9. The Labute approximate surface area is 168 Å². The number of nitrogens with zero attached hydrogens (tertiary/aromatic N) is 4.